The number of carbonyl (C=O) groups is 1. The molecule has 0 spiro atoms. The van der Waals surface area contributed by atoms with E-state index in [0.717, 1.165) is 0 Å². The van der Waals surface area contributed by atoms with E-state index in [-0.39, 0.29) is 18.1 Å². The molecule has 0 saturated carbocycles. The van der Waals surface area contributed by atoms with Crippen LogP contribution in [0.15, 0.2) is 35.4 Å². The van der Waals surface area contributed by atoms with Crippen LogP contribution in [0, 0.1) is 0 Å². The molecule has 1 aromatic carbocycles. The van der Waals surface area contributed by atoms with E-state index in [1.165, 1.54) is 17.8 Å². The Morgan fingerprint density at radius 2 is 2.19 bits per heavy atom. The van der Waals surface area contributed by atoms with Crippen LogP contribution in [0.2, 0.25) is 0 Å². The zero-order valence-electron chi connectivity index (χ0n) is 8.80. The molecule has 0 radical (unpaired) electrons. The lowest BCUT2D eigenvalue weighted by atomic mass is 10.2. The SMILES string of the molecule is CC(=O)NCn1cnc2ccccc2c1=O. The van der Waals surface area contributed by atoms with Gasteiger partial charge in [0.15, 0.2) is 0 Å². The number of amides is 1. The minimum absolute atomic E-state index is 0.145. The Morgan fingerprint density at radius 1 is 1.44 bits per heavy atom. The maximum Gasteiger partial charge on any atom is 0.262 e. The lowest BCUT2D eigenvalue weighted by molar-refractivity contribution is -0.119. The molecule has 0 aliphatic heterocycles. The molecule has 0 aliphatic rings. The molecule has 0 unspecified atom stereocenters. The number of fused-ring (bicyclic) bond motifs is 1. The Kier molecular flexibility index (Phi) is 2.68. The van der Waals surface area contributed by atoms with E-state index in [2.05, 4.69) is 10.3 Å². The highest BCUT2D eigenvalue weighted by Gasteiger charge is 2.02. The first-order chi connectivity index (χ1) is 7.68. The van der Waals surface area contributed by atoms with Gasteiger partial charge in [-0.1, -0.05) is 12.1 Å². The smallest absolute Gasteiger partial charge is 0.262 e. The summed E-state index contributed by atoms with van der Waals surface area (Å²) in [5.41, 5.74) is 0.505. The van der Waals surface area contributed by atoms with Crippen LogP contribution in [0.4, 0.5) is 0 Å². The second kappa shape index (κ2) is 4.14. The number of benzene rings is 1. The van der Waals surface area contributed by atoms with E-state index in [1.54, 1.807) is 18.2 Å². The van der Waals surface area contributed by atoms with Gasteiger partial charge < -0.3 is 5.32 Å². The highest BCUT2D eigenvalue weighted by molar-refractivity contribution is 5.77. The molecule has 0 aliphatic carbocycles. The van der Waals surface area contributed by atoms with E-state index < -0.39 is 0 Å². The van der Waals surface area contributed by atoms with Gasteiger partial charge in [-0.05, 0) is 12.1 Å². The number of hydrogen-bond acceptors (Lipinski definition) is 3. The van der Waals surface area contributed by atoms with Crippen molar-refractivity contribution in [3.05, 3.63) is 40.9 Å². The minimum Gasteiger partial charge on any atom is -0.338 e. The number of nitrogens with zero attached hydrogens (tertiary/aromatic N) is 2. The van der Waals surface area contributed by atoms with Crippen molar-refractivity contribution in [2.45, 2.75) is 13.6 Å². The van der Waals surface area contributed by atoms with Crippen LogP contribution < -0.4 is 10.9 Å². The maximum atomic E-state index is 11.9. The summed E-state index contributed by atoms with van der Waals surface area (Å²) in [7, 11) is 0. The van der Waals surface area contributed by atoms with Crippen LogP contribution in [0.3, 0.4) is 0 Å². The lowest BCUT2D eigenvalue weighted by Gasteiger charge is -2.06. The van der Waals surface area contributed by atoms with Gasteiger partial charge in [0.2, 0.25) is 5.91 Å². The van der Waals surface area contributed by atoms with Crippen LogP contribution in [-0.4, -0.2) is 15.5 Å². The number of nitrogens with one attached hydrogen (secondary N) is 1. The molecule has 5 nitrogen and oxygen atoms in total. The van der Waals surface area contributed by atoms with Crippen molar-refractivity contribution in [3.63, 3.8) is 0 Å². The van der Waals surface area contributed by atoms with Gasteiger partial charge in [0.1, 0.15) is 0 Å². The van der Waals surface area contributed by atoms with E-state index in [0.29, 0.717) is 10.9 Å². The molecular weight excluding hydrogens is 206 g/mol. The summed E-state index contributed by atoms with van der Waals surface area (Å²) >= 11 is 0. The summed E-state index contributed by atoms with van der Waals surface area (Å²) in [4.78, 5) is 26.8. The second-order valence-corrected chi connectivity index (χ2v) is 3.43. The van der Waals surface area contributed by atoms with Gasteiger partial charge in [0.05, 0.1) is 23.9 Å². The Morgan fingerprint density at radius 3 is 2.94 bits per heavy atom. The fraction of sp³-hybridized carbons (Fsp3) is 0.182. The Hall–Kier alpha value is -2.17. The molecule has 1 N–H and O–H groups in total. The maximum absolute atomic E-state index is 11.9. The summed E-state index contributed by atoms with van der Waals surface area (Å²) in [5.74, 6) is -0.181. The fourth-order valence-corrected chi connectivity index (χ4v) is 1.42. The van der Waals surface area contributed by atoms with Crippen LogP contribution in [0.1, 0.15) is 6.92 Å². The van der Waals surface area contributed by atoms with Crippen molar-refractivity contribution >= 4 is 16.8 Å². The van der Waals surface area contributed by atoms with E-state index in [4.69, 9.17) is 0 Å². The summed E-state index contributed by atoms with van der Waals surface area (Å²) in [6, 6.07) is 7.11. The predicted octanol–water partition coefficient (Wildman–Crippen LogP) is 0.490. The number of aromatic nitrogens is 2. The first-order valence-corrected chi connectivity index (χ1v) is 4.87. The number of rotatable bonds is 2. The van der Waals surface area contributed by atoms with Crippen LogP contribution >= 0.6 is 0 Å². The Balaban J connectivity index is 2.45. The van der Waals surface area contributed by atoms with E-state index in [9.17, 15) is 9.59 Å². The van der Waals surface area contributed by atoms with E-state index in [1.807, 2.05) is 6.07 Å². The molecule has 16 heavy (non-hydrogen) atoms. The second-order valence-electron chi connectivity index (χ2n) is 3.43. The van der Waals surface area contributed by atoms with Crippen LogP contribution in [0.25, 0.3) is 10.9 Å². The first kappa shape index (κ1) is 10.4. The monoisotopic (exact) mass is 217 g/mol. The highest BCUT2D eigenvalue weighted by Crippen LogP contribution is 2.03. The Labute approximate surface area is 91.7 Å². The molecule has 0 saturated heterocycles. The summed E-state index contributed by atoms with van der Waals surface area (Å²) in [6.07, 6.45) is 1.43. The lowest BCUT2D eigenvalue weighted by Crippen LogP contribution is -2.30. The molecule has 1 heterocycles. The summed E-state index contributed by atoms with van der Waals surface area (Å²) in [6.45, 7) is 1.55. The zero-order chi connectivity index (χ0) is 11.5. The van der Waals surface area contributed by atoms with Gasteiger partial charge in [0, 0.05) is 6.92 Å². The third kappa shape index (κ3) is 1.93. The average molecular weight is 217 g/mol. The summed E-state index contributed by atoms with van der Waals surface area (Å²) < 4.78 is 1.36. The van der Waals surface area contributed by atoms with Crippen LogP contribution in [-0.2, 0) is 11.5 Å². The van der Waals surface area contributed by atoms with Crippen LogP contribution in [0.5, 0.6) is 0 Å². The number of para-hydroxylation sites is 1. The molecule has 2 aromatic rings. The normalized spacial score (nSPS) is 10.3. The third-order valence-electron chi connectivity index (χ3n) is 2.23. The van der Waals surface area contributed by atoms with Crippen molar-refractivity contribution in [2.75, 3.05) is 0 Å². The van der Waals surface area contributed by atoms with Gasteiger partial charge in [-0.15, -0.1) is 0 Å². The van der Waals surface area contributed by atoms with Crippen molar-refractivity contribution in [1.82, 2.24) is 14.9 Å². The van der Waals surface area contributed by atoms with Gasteiger partial charge in [0.25, 0.3) is 5.56 Å². The molecule has 0 atom stereocenters. The number of carbonyl (C=O) groups excluding carboxylic acids is 1. The molecule has 0 bridgehead atoms. The molecule has 1 amide bonds. The average Bonchev–Trinajstić information content (AvgIpc) is 2.28. The Bertz CT molecular complexity index is 589. The molecule has 5 heteroatoms. The van der Waals surface area contributed by atoms with Gasteiger partial charge in [-0.2, -0.15) is 0 Å². The minimum atomic E-state index is -0.181. The van der Waals surface area contributed by atoms with Crippen molar-refractivity contribution in [2.24, 2.45) is 0 Å². The fourth-order valence-electron chi connectivity index (χ4n) is 1.42. The molecule has 1 aromatic heterocycles. The van der Waals surface area contributed by atoms with Gasteiger partial charge in [-0.3, -0.25) is 14.2 Å². The topological polar surface area (TPSA) is 64.0 Å². The molecule has 0 fully saturated rings. The van der Waals surface area contributed by atoms with Gasteiger partial charge in [-0.25, -0.2) is 4.98 Å². The standard InChI is InChI=1S/C11H11N3O2/c1-8(15)12-6-14-7-13-10-5-3-2-4-9(10)11(14)16/h2-5,7H,6H2,1H3,(H,12,15). The van der Waals surface area contributed by atoms with Crippen molar-refractivity contribution in [1.29, 1.82) is 0 Å². The third-order valence-corrected chi connectivity index (χ3v) is 2.23. The van der Waals surface area contributed by atoms with Crippen molar-refractivity contribution < 1.29 is 4.79 Å². The highest BCUT2D eigenvalue weighted by atomic mass is 16.2. The first-order valence-electron chi connectivity index (χ1n) is 4.87. The van der Waals surface area contributed by atoms with Crippen molar-refractivity contribution in [3.8, 4) is 0 Å². The quantitative estimate of drug-likeness (QED) is 0.796. The molecule has 2 rings (SSSR count). The molecule has 82 valence electrons. The predicted molar refractivity (Wildman–Crippen MR) is 59.8 cm³/mol. The largest absolute Gasteiger partial charge is 0.338 e. The number of hydrogen-bond donors (Lipinski definition) is 1. The molecular formula is C11H11N3O2. The summed E-state index contributed by atoms with van der Waals surface area (Å²) in [5, 5.41) is 3.10. The zero-order valence-corrected chi connectivity index (χ0v) is 8.80. The van der Waals surface area contributed by atoms with E-state index >= 15 is 0 Å². The van der Waals surface area contributed by atoms with Gasteiger partial charge >= 0.3 is 0 Å².